The van der Waals surface area contributed by atoms with Crippen molar-refractivity contribution in [3.05, 3.63) is 35.4 Å². The van der Waals surface area contributed by atoms with Gasteiger partial charge < -0.3 is 10.4 Å². The van der Waals surface area contributed by atoms with Gasteiger partial charge in [-0.25, -0.2) is 8.78 Å². The monoisotopic (exact) mass is 241 g/mol. The molecule has 1 heterocycles. The van der Waals surface area contributed by atoms with Crippen molar-refractivity contribution in [3.63, 3.8) is 0 Å². The van der Waals surface area contributed by atoms with Gasteiger partial charge in [0.25, 0.3) is 0 Å². The number of aliphatic hydroxyl groups is 1. The third kappa shape index (κ3) is 3.48. The maximum Gasteiger partial charge on any atom is 0.126 e. The van der Waals surface area contributed by atoms with E-state index >= 15 is 0 Å². The minimum Gasteiger partial charge on any atom is -0.392 e. The van der Waals surface area contributed by atoms with Gasteiger partial charge in [0.2, 0.25) is 0 Å². The van der Waals surface area contributed by atoms with Crippen LogP contribution in [0.1, 0.15) is 18.4 Å². The summed E-state index contributed by atoms with van der Waals surface area (Å²) in [7, 11) is 0. The van der Waals surface area contributed by atoms with Gasteiger partial charge in [-0.15, -0.1) is 0 Å². The quantitative estimate of drug-likeness (QED) is 0.846. The van der Waals surface area contributed by atoms with E-state index in [1.807, 2.05) is 0 Å². The number of nitrogens with one attached hydrogen (secondary N) is 1. The number of hydrogen-bond donors (Lipinski definition) is 2. The van der Waals surface area contributed by atoms with E-state index in [2.05, 4.69) is 5.32 Å². The minimum atomic E-state index is -0.586. The Balaban J connectivity index is 1.99. The van der Waals surface area contributed by atoms with E-state index in [1.54, 1.807) is 0 Å². The third-order valence-corrected chi connectivity index (χ3v) is 3.30. The van der Waals surface area contributed by atoms with Crippen LogP contribution >= 0.6 is 0 Å². The molecule has 1 saturated heterocycles. The van der Waals surface area contributed by atoms with Gasteiger partial charge in [0, 0.05) is 6.07 Å². The Morgan fingerprint density at radius 2 is 1.76 bits per heavy atom. The normalized spacial score (nSPS) is 19.2. The van der Waals surface area contributed by atoms with Crippen LogP contribution in [0, 0.1) is 17.6 Å². The fourth-order valence-electron chi connectivity index (χ4n) is 2.37. The summed E-state index contributed by atoms with van der Waals surface area (Å²) in [5.74, 6) is -0.947. The van der Waals surface area contributed by atoms with Crippen molar-refractivity contribution in [2.24, 2.45) is 5.92 Å². The fourth-order valence-corrected chi connectivity index (χ4v) is 2.37. The molecule has 1 aromatic carbocycles. The van der Waals surface area contributed by atoms with Crippen LogP contribution in [0.4, 0.5) is 8.78 Å². The van der Waals surface area contributed by atoms with Crippen molar-refractivity contribution in [1.29, 1.82) is 0 Å². The van der Waals surface area contributed by atoms with Crippen molar-refractivity contribution in [1.82, 2.24) is 5.32 Å². The molecule has 1 unspecified atom stereocenters. The standard InChI is InChI=1S/C13H17F2NO/c14-11-5-9(6-12(15)8-11)7-13(17)10-1-3-16-4-2-10/h5-6,8,10,13,16-17H,1-4,7H2. The van der Waals surface area contributed by atoms with Crippen LogP contribution < -0.4 is 5.32 Å². The second-order valence-corrected chi connectivity index (χ2v) is 4.64. The number of aliphatic hydroxyl groups excluding tert-OH is 1. The van der Waals surface area contributed by atoms with Crippen LogP contribution in [0.15, 0.2) is 18.2 Å². The Morgan fingerprint density at radius 3 is 2.35 bits per heavy atom. The first-order valence-corrected chi connectivity index (χ1v) is 5.99. The van der Waals surface area contributed by atoms with E-state index in [0.29, 0.717) is 12.0 Å². The molecule has 0 bridgehead atoms. The highest BCUT2D eigenvalue weighted by molar-refractivity contribution is 5.18. The predicted molar refractivity (Wildman–Crippen MR) is 61.7 cm³/mol. The molecule has 2 nitrogen and oxygen atoms in total. The summed E-state index contributed by atoms with van der Waals surface area (Å²) in [6.45, 7) is 1.80. The van der Waals surface area contributed by atoms with Crippen molar-refractivity contribution >= 4 is 0 Å². The summed E-state index contributed by atoms with van der Waals surface area (Å²) in [6, 6.07) is 3.42. The minimum absolute atomic E-state index is 0.225. The molecule has 0 amide bonds. The molecule has 94 valence electrons. The van der Waals surface area contributed by atoms with Gasteiger partial charge >= 0.3 is 0 Å². The van der Waals surface area contributed by atoms with Crippen LogP contribution in [-0.2, 0) is 6.42 Å². The predicted octanol–water partition coefficient (Wildman–Crippen LogP) is 1.87. The summed E-state index contributed by atoms with van der Waals surface area (Å²) in [5, 5.41) is 13.3. The first-order chi connectivity index (χ1) is 8.15. The maximum atomic E-state index is 13.0. The van der Waals surface area contributed by atoms with Gasteiger partial charge in [-0.1, -0.05) is 0 Å². The van der Waals surface area contributed by atoms with E-state index in [0.717, 1.165) is 32.0 Å². The molecule has 0 aromatic heterocycles. The van der Waals surface area contributed by atoms with Crippen molar-refractivity contribution in [2.45, 2.75) is 25.4 Å². The lowest BCUT2D eigenvalue weighted by atomic mass is 9.88. The van der Waals surface area contributed by atoms with E-state index in [4.69, 9.17) is 0 Å². The second kappa shape index (κ2) is 5.56. The molecule has 0 spiro atoms. The van der Waals surface area contributed by atoms with E-state index in [9.17, 15) is 13.9 Å². The number of benzene rings is 1. The maximum absolute atomic E-state index is 13.0. The molecule has 1 fully saturated rings. The molecule has 4 heteroatoms. The number of piperidine rings is 1. The Kier molecular flexibility index (Phi) is 4.07. The molecule has 0 radical (unpaired) electrons. The van der Waals surface area contributed by atoms with Crippen LogP contribution in [0.3, 0.4) is 0 Å². The van der Waals surface area contributed by atoms with E-state index < -0.39 is 17.7 Å². The third-order valence-electron chi connectivity index (χ3n) is 3.30. The fraction of sp³-hybridized carbons (Fsp3) is 0.538. The van der Waals surface area contributed by atoms with Crippen LogP contribution in [0.5, 0.6) is 0 Å². The van der Waals surface area contributed by atoms with Crippen LogP contribution in [0.2, 0.25) is 0 Å². The average molecular weight is 241 g/mol. The van der Waals surface area contributed by atoms with Crippen molar-refractivity contribution in [3.8, 4) is 0 Å². The summed E-state index contributed by atoms with van der Waals surface area (Å²) in [4.78, 5) is 0. The molecular weight excluding hydrogens is 224 g/mol. The molecule has 0 saturated carbocycles. The number of rotatable bonds is 3. The molecule has 2 rings (SSSR count). The molecule has 1 aliphatic heterocycles. The topological polar surface area (TPSA) is 32.3 Å². The zero-order valence-electron chi connectivity index (χ0n) is 9.63. The van der Waals surface area contributed by atoms with Crippen LogP contribution in [-0.4, -0.2) is 24.3 Å². The summed E-state index contributed by atoms with van der Waals surface area (Å²) >= 11 is 0. The van der Waals surface area contributed by atoms with Crippen LogP contribution in [0.25, 0.3) is 0 Å². The zero-order chi connectivity index (χ0) is 12.3. The van der Waals surface area contributed by atoms with Crippen molar-refractivity contribution in [2.75, 3.05) is 13.1 Å². The van der Waals surface area contributed by atoms with E-state index in [1.165, 1.54) is 12.1 Å². The zero-order valence-corrected chi connectivity index (χ0v) is 9.63. The van der Waals surface area contributed by atoms with Gasteiger partial charge in [0.1, 0.15) is 11.6 Å². The van der Waals surface area contributed by atoms with Gasteiger partial charge in [-0.3, -0.25) is 0 Å². The molecule has 1 aromatic rings. The molecule has 1 atom stereocenters. The first kappa shape index (κ1) is 12.5. The van der Waals surface area contributed by atoms with Gasteiger partial charge in [0.05, 0.1) is 6.10 Å². The highest BCUT2D eigenvalue weighted by Crippen LogP contribution is 2.20. The van der Waals surface area contributed by atoms with E-state index in [-0.39, 0.29) is 5.92 Å². The Labute approximate surface area is 99.7 Å². The lowest BCUT2D eigenvalue weighted by Crippen LogP contribution is -2.35. The van der Waals surface area contributed by atoms with Crippen molar-refractivity contribution < 1.29 is 13.9 Å². The number of halogens is 2. The lowest BCUT2D eigenvalue weighted by molar-refractivity contribution is 0.0889. The molecule has 2 N–H and O–H groups in total. The molecule has 0 aliphatic carbocycles. The summed E-state index contributed by atoms with van der Waals surface area (Å²) in [5.41, 5.74) is 0.522. The largest absolute Gasteiger partial charge is 0.392 e. The molecule has 1 aliphatic rings. The lowest BCUT2D eigenvalue weighted by Gasteiger charge is -2.27. The average Bonchev–Trinajstić information content (AvgIpc) is 2.28. The smallest absolute Gasteiger partial charge is 0.126 e. The van der Waals surface area contributed by atoms with Gasteiger partial charge in [-0.05, 0) is 56.0 Å². The Bertz CT molecular complexity index is 357. The number of hydrogen-bond acceptors (Lipinski definition) is 2. The SMILES string of the molecule is OC(Cc1cc(F)cc(F)c1)C1CCNCC1. The van der Waals surface area contributed by atoms with Gasteiger partial charge in [0.15, 0.2) is 0 Å². The van der Waals surface area contributed by atoms with Gasteiger partial charge in [-0.2, -0.15) is 0 Å². The first-order valence-electron chi connectivity index (χ1n) is 5.99. The summed E-state index contributed by atoms with van der Waals surface area (Å²) in [6.07, 6.45) is 1.63. The molecule has 17 heavy (non-hydrogen) atoms. The Morgan fingerprint density at radius 1 is 1.18 bits per heavy atom. The highest BCUT2D eigenvalue weighted by atomic mass is 19.1. The Hall–Kier alpha value is -1.00. The summed E-state index contributed by atoms with van der Waals surface area (Å²) < 4.78 is 26.0. The molecular formula is C13H17F2NO. The second-order valence-electron chi connectivity index (χ2n) is 4.64. The highest BCUT2D eigenvalue weighted by Gasteiger charge is 2.21.